The van der Waals surface area contributed by atoms with Crippen molar-refractivity contribution in [2.75, 3.05) is 5.32 Å². The van der Waals surface area contributed by atoms with Gasteiger partial charge in [-0.15, -0.1) is 0 Å². The van der Waals surface area contributed by atoms with Gasteiger partial charge in [-0.3, -0.25) is 4.79 Å². The minimum absolute atomic E-state index is 0.113. The lowest BCUT2D eigenvalue weighted by molar-refractivity contribution is -0.111. The van der Waals surface area contributed by atoms with Crippen LogP contribution in [0.15, 0.2) is 78.9 Å². The smallest absolute Gasteiger partial charge is 0.256 e. The number of hydrogen-bond donors (Lipinski definition) is 1. The second-order valence-corrected chi connectivity index (χ2v) is 6.16. The number of benzene rings is 3. The number of hydrogen-bond acceptors (Lipinski definition) is 1. The summed E-state index contributed by atoms with van der Waals surface area (Å²) in [5.74, 6) is -0.113. The van der Waals surface area contributed by atoms with Gasteiger partial charge in [0.1, 0.15) is 0 Å². The number of rotatable bonds is 4. The molecule has 0 unspecified atom stereocenters. The van der Waals surface area contributed by atoms with E-state index in [4.69, 9.17) is 0 Å². The van der Waals surface area contributed by atoms with Gasteiger partial charge in [0.2, 0.25) is 0 Å². The standard InChI is InChI=1S/C23H21NO/c1-17-11-13-21(14-12-17)24-23(25)22(16-19-8-4-3-5-9-19)20-10-6-7-18(2)15-20/h3-16H,1-2H3,(H,24,25). The van der Waals surface area contributed by atoms with Crippen molar-refractivity contribution >= 4 is 23.2 Å². The first-order chi connectivity index (χ1) is 12.1. The summed E-state index contributed by atoms with van der Waals surface area (Å²) >= 11 is 0. The van der Waals surface area contributed by atoms with Gasteiger partial charge in [0.25, 0.3) is 5.91 Å². The van der Waals surface area contributed by atoms with Crippen LogP contribution in [-0.2, 0) is 4.79 Å². The lowest BCUT2D eigenvalue weighted by atomic mass is 10.00. The van der Waals surface area contributed by atoms with E-state index < -0.39 is 0 Å². The van der Waals surface area contributed by atoms with E-state index in [9.17, 15) is 4.79 Å². The highest BCUT2D eigenvalue weighted by atomic mass is 16.1. The Morgan fingerprint density at radius 3 is 2.20 bits per heavy atom. The van der Waals surface area contributed by atoms with Crippen LogP contribution in [0.5, 0.6) is 0 Å². The average Bonchev–Trinajstić information content (AvgIpc) is 2.62. The molecule has 25 heavy (non-hydrogen) atoms. The highest BCUT2D eigenvalue weighted by molar-refractivity contribution is 6.29. The highest BCUT2D eigenvalue weighted by Crippen LogP contribution is 2.22. The first-order valence-corrected chi connectivity index (χ1v) is 8.33. The van der Waals surface area contributed by atoms with E-state index in [2.05, 4.69) is 5.32 Å². The Hall–Kier alpha value is -3.13. The molecule has 0 aliphatic carbocycles. The summed E-state index contributed by atoms with van der Waals surface area (Å²) in [5, 5.41) is 3.00. The summed E-state index contributed by atoms with van der Waals surface area (Å²) in [7, 11) is 0. The van der Waals surface area contributed by atoms with Crippen LogP contribution in [0.4, 0.5) is 5.69 Å². The number of nitrogens with one attached hydrogen (secondary N) is 1. The fourth-order valence-corrected chi connectivity index (χ4v) is 2.64. The van der Waals surface area contributed by atoms with Crippen LogP contribution in [0.2, 0.25) is 0 Å². The zero-order valence-corrected chi connectivity index (χ0v) is 14.5. The summed E-state index contributed by atoms with van der Waals surface area (Å²) in [6.45, 7) is 4.06. The molecule has 3 aromatic rings. The molecule has 0 aliphatic heterocycles. The number of aryl methyl sites for hydroxylation is 2. The molecule has 2 nitrogen and oxygen atoms in total. The second-order valence-electron chi connectivity index (χ2n) is 6.16. The molecule has 0 fully saturated rings. The molecule has 0 atom stereocenters. The Kier molecular flexibility index (Phi) is 5.10. The quantitative estimate of drug-likeness (QED) is 0.499. The Bertz CT molecular complexity index is 893. The molecule has 0 radical (unpaired) electrons. The molecule has 0 heterocycles. The van der Waals surface area contributed by atoms with E-state index in [0.29, 0.717) is 5.57 Å². The average molecular weight is 327 g/mol. The predicted molar refractivity (Wildman–Crippen MR) is 105 cm³/mol. The lowest BCUT2D eigenvalue weighted by Gasteiger charge is -2.11. The van der Waals surface area contributed by atoms with Crippen molar-refractivity contribution in [1.29, 1.82) is 0 Å². The van der Waals surface area contributed by atoms with Gasteiger partial charge < -0.3 is 5.32 Å². The molecule has 1 amide bonds. The van der Waals surface area contributed by atoms with Gasteiger partial charge in [0, 0.05) is 11.3 Å². The van der Waals surface area contributed by atoms with E-state index in [1.165, 1.54) is 0 Å². The van der Waals surface area contributed by atoms with E-state index in [1.807, 2.05) is 98.8 Å². The third-order valence-corrected chi connectivity index (χ3v) is 3.99. The third-order valence-electron chi connectivity index (χ3n) is 3.99. The fourth-order valence-electron chi connectivity index (χ4n) is 2.64. The van der Waals surface area contributed by atoms with Crippen molar-refractivity contribution in [1.82, 2.24) is 0 Å². The van der Waals surface area contributed by atoms with Crippen LogP contribution >= 0.6 is 0 Å². The maximum absolute atomic E-state index is 12.9. The van der Waals surface area contributed by atoms with Crippen molar-refractivity contribution in [3.8, 4) is 0 Å². The topological polar surface area (TPSA) is 29.1 Å². The van der Waals surface area contributed by atoms with Crippen LogP contribution in [-0.4, -0.2) is 5.91 Å². The fraction of sp³-hybridized carbons (Fsp3) is 0.0870. The first kappa shape index (κ1) is 16.7. The van der Waals surface area contributed by atoms with E-state index in [1.54, 1.807) is 0 Å². The second kappa shape index (κ2) is 7.63. The van der Waals surface area contributed by atoms with Crippen molar-refractivity contribution in [2.45, 2.75) is 13.8 Å². The molecular weight excluding hydrogens is 306 g/mol. The van der Waals surface area contributed by atoms with Crippen molar-refractivity contribution in [2.24, 2.45) is 0 Å². The molecule has 0 spiro atoms. The maximum Gasteiger partial charge on any atom is 0.256 e. The first-order valence-electron chi connectivity index (χ1n) is 8.33. The third kappa shape index (κ3) is 4.45. The summed E-state index contributed by atoms with van der Waals surface area (Å²) in [6, 6.07) is 25.7. The number of amides is 1. The highest BCUT2D eigenvalue weighted by Gasteiger charge is 2.13. The minimum Gasteiger partial charge on any atom is -0.322 e. The lowest BCUT2D eigenvalue weighted by Crippen LogP contribution is -2.13. The largest absolute Gasteiger partial charge is 0.322 e. The zero-order valence-electron chi connectivity index (χ0n) is 14.5. The summed E-state index contributed by atoms with van der Waals surface area (Å²) in [5.41, 5.74) is 5.64. The van der Waals surface area contributed by atoms with Crippen molar-refractivity contribution in [3.63, 3.8) is 0 Å². The number of anilines is 1. The summed E-state index contributed by atoms with van der Waals surface area (Å²) < 4.78 is 0. The Balaban J connectivity index is 1.97. The number of carbonyl (C=O) groups is 1. The van der Waals surface area contributed by atoms with Gasteiger partial charge >= 0.3 is 0 Å². The van der Waals surface area contributed by atoms with Gasteiger partial charge in [0.15, 0.2) is 0 Å². The SMILES string of the molecule is Cc1ccc(NC(=O)C(=Cc2ccccc2)c2cccc(C)c2)cc1. The molecular formula is C23H21NO. The summed E-state index contributed by atoms with van der Waals surface area (Å²) in [6.07, 6.45) is 1.93. The maximum atomic E-state index is 12.9. The Morgan fingerprint density at radius 2 is 1.52 bits per heavy atom. The van der Waals surface area contributed by atoms with E-state index >= 15 is 0 Å². The van der Waals surface area contributed by atoms with Crippen LogP contribution in [0, 0.1) is 13.8 Å². The van der Waals surface area contributed by atoms with Gasteiger partial charge in [-0.25, -0.2) is 0 Å². The molecule has 3 rings (SSSR count). The van der Waals surface area contributed by atoms with E-state index in [0.717, 1.165) is 27.9 Å². The molecule has 3 aromatic carbocycles. The molecule has 124 valence electrons. The van der Waals surface area contributed by atoms with Crippen molar-refractivity contribution < 1.29 is 4.79 Å². The van der Waals surface area contributed by atoms with Crippen LogP contribution < -0.4 is 5.32 Å². The normalized spacial score (nSPS) is 11.2. The van der Waals surface area contributed by atoms with Crippen LogP contribution in [0.3, 0.4) is 0 Å². The summed E-state index contributed by atoms with van der Waals surface area (Å²) in [4.78, 5) is 12.9. The molecule has 0 aromatic heterocycles. The molecule has 0 saturated carbocycles. The molecule has 0 saturated heterocycles. The number of carbonyl (C=O) groups excluding carboxylic acids is 1. The Labute approximate surface area is 148 Å². The van der Waals surface area contributed by atoms with Crippen molar-refractivity contribution in [3.05, 3.63) is 101 Å². The minimum atomic E-state index is -0.113. The predicted octanol–water partition coefficient (Wildman–Crippen LogP) is 5.48. The van der Waals surface area contributed by atoms with Crippen LogP contribution in [0.1, 0.15) is 22.3 Å². The molecule has 0 aliphatic rings. The van der Waals surface area contributed by atoms with Crippen LogP contribution in [0.25, 0.3) is 11.6 Å². The van der Waals surface area contributed by atoms with Gasteiger partial charge in [-0.2, -0.15) is 0 Å². The zero-order chi connectivity index (χ0) is 17.6. The molecule has 2 heteroatoms. The van der Waals surface area contributed by atoms with Gasteiger partial charge in [-0.05, 0) is 43.2 Å². The Morgan fingerprint density at radius 1 is 0.800 bits per heavy atom. The molecule has 1 N–H and O–H groups in total. The monoisotopic (exact) mass is 327 g/mol. The van der Waals surface area contributed by atoms with Gasteiger partial charge in [-0.1, -0.05) is 77.9 Å². The van der Waals surface area contributed by atoms with Gasteiger partial charge in [0.05, 0.1) is 0 Å². The van der Waals surface area contributed by atoms with E-state index in [-0.39, 0.29) is 5.91 Å². The molecule has 0 bridgehead atoms.